The first-order chi connectivity index (χ1) is 13.1. The van der Waals surface area contributed by atoms with E-state index in [2.05, 4.69) is 55.0 Å². The van der Waals surface area contributed by atoms with Crippen molar-refractivity contribution in [2.75, 3.05) is 0 Å². The maximum atomic E-state index is 12.5. The van der Waals surface area contributed by atoms with Gasteiger partial charge < -0.3 is 9.16 Å². The van der Waals surface area contributed by atoms with Crippen LogP contribution in [0.2, 0.25) is 16.6 Å². The Bertz CT molecular complexity index is 697. The van der Waals surface area contributed by atoms with Crippen molar-refractivity contribution >= 4 is 14.3 Å². The molecule has 2 rings (SSSR count). The Morgan fingerprint density at radius 1 is 1.00 bits per heavy atom. The van der Waals surface area contributed by atoms with Gasteiger partial charge in [-0.05, 0) is 46.8 Å². The second kappa shape index (κ2) is 9.23. The van der Waals surface area contributed by atoms with Crippen LogP contribution in [-0.4, -0.2) is 26.5 Å². The van der Waals surface area contributed by atoms with E-state index in [0.717, 1.165) is 5.57 Å². The standard InChI is InChI=1S/C24H36O3Si/c1-16(2)28(17(3)4,18(5)6)27-23-15-22(19(7)14-20(23)8)26-24(25)21-12-10-9-11-13-21/h9-14,16-18,22-23H,7,15H2,1-6,8H3/t22-,23-/m1/s1. The molecule has 2 atom stereocenters. The largest absolute Gasteiger partial charge is 0.454 e. The van der Waals surface area contributed by atoms with E-state index in [1.165, 1.54) is 5.57 Å². The van der Waals surface area contributed by atoms with Gasteiger partial charge in [0.2, 0.25) is 8.32 Å². The van der Waals surface area contributed by atoms with Crippen molar-refractivity contribution in [2.24, 2.45) is 0 Å². The summed E-state index contributed by atoms with van der Waals surface area (Å²) >= 11 is 0. The maximum Gasteiger partial charge on any atom is 0.338 e. The first-order valence-corrected chi connectivity index (χ1v) is 12.5. The molecule has 0 heterocycles. The average Bonchev–Trinajstić information content (AvgIpc) is 2.62. The van der Waals surface area contributed by atoms with Crippen molar-refractivity contribution in [2.45, 2.75) is 83.7 Å². The van der Waals surface area contributed by atoms with Crippen molar-refractivity contribution in [1.29, 1.82) is 0 Å². The van der Waals surface area contributed by atoms with Gasteiger partial charge in [0.15, 0.2) is 0 Å². The minimum atomic E-state index is -2.02. The van der Waals surface area contributed by atoms with Gasteiger partial charge in [-0.3, -0.25) is 0 Å². The molecular formula is C24H36O3Si. The van der Waals surface area contributed by atoms with Crippen LogP contribution in [0.3, 0.4) is 0 Å². The van der Waals surface area contributed by atoms with Crippen molar-refractivity contribution < 1.29 is 14.0 Å². The summed E-state index contributed by atoms with van der Waals surface area (Å²) in [6, 6.07) is 9.13. The topological polar surface area (TPSA) is 35.5 Å². The van der Waals surface area contributed by atoms with E-state index in [0.29, 0.717) is 28.6 Å². The minimum absolute atomic E-state index is 0.0297. The molecule has 28 heavy (non-hydrogen) atoms. The molecule has 0 unspecified atom stereocenters. The van der Waals surface area contributed by atoms with Gasteiger partial charge in [-0.15, -0.1) is 0 Å². The molecule has 1 aliphatic rings. The van der Waals surface area contributed by atoms with Crippen LogP contribution in [0.1, 0.15) is 65.2 Å². The third-order valence-electron chi connectivity index (χ3n) is 6.07. The van der Waals surface area contributed by atoms with E-state index in [4.69, 9.17) is 9.16 Å². The molecule has 1 aliphatic carbocycles. The van der Waals surface area contributed by atoms with Crippen LogP contribution in [0.25, 0.3) is 0 Å². The molecule has 0 spiro atoms. The van der Waals surface area contributed by atoms with E-state index in [1.54, 1.807) is 12.1 Å². The molecule has 154 valence electrons. The van der Waals surface area contributed by atoms with Gasteiger partial charge >= 0.3 is 5.97 Å². The Morgan fingerprint density at radius 3 is 2.04 bits per heavy atom. The molecule has 0 saturated carbocycles. The number of hydrogen-bond acceptors (Lipinski definition) is 3. The van der Waals surface area contributed by atoms with E-state index >= 15 is 0 Å². The summed E-state index contributed by atoms with van der Waals surface area (Å²) in [7, 11) is -2.02. The highest BCUT2D eigenvalue weighted by Crippen LogP contribution is 2.45. The Morgan fingerprint density at radius 2 is 1.54 bits per heavy atom. The summed E-state index contributed by atoms with van der Waals surface area (Å²) in [5.74, 6) is -0.307. The molecule has 1 aromatic carbocycles. The number of hydrogen-bond donors (Lipinski definition) is 0. The predicted molar refractivity (Wildman–Crippen MR) is 119 cm³/mol. The van der Waals surface area contributed by atoms with Gasteiger partial charge in [0.1, 0.15) is 6.10 Å². The lowest BCUT2D eigenvalue weighted by atomic mass is 9.92. The Kier molecular flexibility index (Phi) is 7.46. The number of carbonyl (C=O) groups excluding carboxylic acids is 1. The molecule has 0 aliphatic heterocycles. The molecule has 0 bridgehead atoms. The molecule has 0 amide bonds. The van der Waals surface area contributed by atoms with Crippen LogP contribution < -0.4 is 0 Å². The van der Waals surface area contributed by atoms with Gasteiger partial charge in [0, 0.05) is 6.42 Å². The summed E-state index contributed by atoms with van der Waals surface area (Å²) in [5, 5.41) is 0. The van der Waals surface area contributed by atoms with Gasteiger partial charge in [-0.25, -0.2) is 4.79 Å². The summed E-state index contributed by atoms with van der Waals surface area (Å²) < 4.78 is 12.8. The Labute approximate surface area is 172 Å². The van der Waals surface area contributed by atoms with Crippen molar-refractivity contribution in [3.8, 4) is 0 Å². The zero-order chi connectivity index (χ0) is 21.1. The molecule has 0 radical (unpaired) electrons. The summed E-state index contributed by atoms with van der Waals surface area (Å²) in [6.45, 7) is 20.0. The fraction of sp³-hybridized carbons (Fsp3) is 0.542. The molecule has 0 aromatic heterocycles. The van der Waals surface area contributed by atoms with Crippen LogP contribution in [0.4, 0.5) is 0 Å². The first-order valence-electron chi connectivity index (χ1n) is 10.4. The van der Waals surface area contributed by atoms with E-state index in [-0.39, 0.29) is 18.2 Å². The van der Waals surface area contributed by atoms with Crippen LogP contribution in [0.15, 0.2) is 54.1 Å². The van der Waals surface area contributed by atoms with E-state index in [9.17, 15) is 4.79 Å². The average molecular weight is 401 g/mol. The third kappa shape index (κ3) is 4.66. The third-order valence-corrected chi connectivity index (χ3v) is 12.2. The number of rotatable bonds is 7. The van der Waals surface area contributed by atoms with Crippen LogP contribution >= 0.6 is 0 Å². The highest BCUT2D eigenvalue weighted by atomic mass is 28.4. The highest BCUT2D eigenvalue weighted by Gasteiger charge is 2.47. The van der Waals surface area contributed by atoms with Crippen LogP contribution in [-0.2, 0) is 9.16 Å². The van der Waals surface area contributed by atoms with Crippen LogP contribution in [0.5, 0.6) is 0 Å². The van der Waals surface area contributed by atoms with Gasteiger partial charge in [0.05, 0.1) is 11.7 Å². The van der Waals surface area contributed by atoms with E-state index < -0.39 is 8.32 Å². The van der Waals surface area contributed by atoms with Gasteiger partial charge in [-0.2, -0.15) is 0 Å². The molecule has 1 aromatic rings. The predicted octanol–water partition coefficient (Wildman–Crippen LogP) is 6.68. The summed E-state index contributed by atoms with van der Waals surface area (Å²) in [4.78, 5) is 12.5. The van der Waals surface area contributed by atoms with Crippen molar-refractivity contribution in [3.63, 3.8) is 0 Å². The molecule has 0 N–H and O–H groups in total. The lowest BCUT2D eigenvalue weighted by molar-refractivity contribution is 0.0275. The fourth-order valence-electron chi connectivity index (χ4n) is 4.70. The second-order valence-corrected chi connectivity index (χ2v) is 14.3. The quantitative estimate of drug-likeness (QED) is 0.378. The molecule has 0 saturated heterocycles. The zero-order valence-electron chi connectivity index (χ0n) is 18.5. The number of esters is 1. The first kappa shape index (κ1) is 22.6. The summed E-state index contributed by atoms with van der Waals surface area (Å²) in [5.41, 5.74) is 4.11. The van der Waals surface area contributed by atoms with Crippen molar-refractivity contribution in [1.82, 2.24) is 0 Å². The molecule has 4 heteroatoms. The zero-order valence-corrected chi connectivity index (χ0v) is 19.5. The maximum absolute atomic E-state index is 12.5. The smallest absolute Gasteiger partial charge is 0.338 e. The Hall–Kier alpha value is -1.65. The lowest BCUT2D eigenvalue weighted by Gasteiger charge is -2.46. The fourth-order valence-corrected chi connectivity index (χ4v) is 10.3. The van der Waals surface area contributed by atoms with Gasteiger partial charge in [-0.1, -0.05) is 72.4 Å². The number of carbonyl (C=O) groups is 1. The van der Waals surface area contributed by atoms with Crippen molar-refractivity contribution in [3.05, 3.63) is 59.7 Å². The minimum Gasteiger partial charge on any atom is -0.454 e. The van der Waals surface area contributed by atoms with E-state index in [1.807, 2.05) is 24.3 Å². The monoisotopic (exact) mass is 400 g/mol. The normalized spacial score (nSPS) is 20.6. The summed E-state index contributed by atoms with van der Waals surface area (Å²) in [6.07, 6.45) is 2.30. The van der Waals surface area contributed by atoms with Crippen LogP contribution in [0, 0.1) is 0 Å². The Balaban J connectivity index is 2.23. The highest BCUT2D eigenvalue weighted by molar-refractivity contribution is 6.77. The number of benzene rings is 1. The molecule has 0 fully saturated rings. The van der Waals surface area contributed by atoms with Gasteiger partial charge in [0.25, 0.3) is 0 Å². The lowest BCUT2D eigenvalue weighted by Crippen LogP contribution is -2.51. The molecule has 3 nitrogen and oxygen atoms in total. The SMILES string of the molecule is C=C1C=C(C)[C@H](O[Si](C(C)C)(C(C)C)C(C)C)C[C@H]1OC(=O)c1ccccc1. The number of ether oxygens (including phenoxy) is 1. The second-order valence-electron chi connectivity index (χ2n) is 8.88. The molecular weight excluding hydrogens is 364 g/mol.